The molecule has 0 atom stereocenters. The summed E-state index contributed by atoms with van der Waals surface area (Å²) in [6.07, 6.45) is 2.70. The van der Waals surface area contributed by atoms with Crippen LogP contribution in [0.5, 0.6) is 5.75 Å². The maximum absolute atomic E-state index is 12.3. The zero-order valence-corrected chi connectivity index (χ0v) is 13.7. The Kier molecular flexibility index (Phi) is 5.51. The van der Waals surface area contributed by atoms with Gasteiger partial charge < -0.3 is 19.1 Å². The van der Waals surface area contributed by atoms with Crippen molar-refractivity contribution in [3.63, 3.8) is 0 Å². The molecule has 1 aromatic rings. The van der Waals surface area contributed by atoms with E-state index < -0.39 is 0 Å². The Morgan fingerprint density at radius 1 is 1.22 bits per heavy atom. The molecule has 2 saturated heterocycles. The lowest BCUT2D eigenvalue weighted by molar-refractivity contribution is -0.138. The van der Waals surface area contributed by atoms with E-state index in [-0.39, 0.29) is 18.8 Å². The van der Waals surface area contributed by atoms with Gasteiger partial charge in [0.25, 0.3) is 5.91 Å². The van der Waals surface area contributed by atoms with Crippen LogP contribution in [0.4, 0.5) is 0 Å². The molecule has 0 N–H and O–H groups in total. The topological polar surface area (TPSA) is 48.0 Å². The molecule has 126 valence electrons. The number of carbonyl (C=O) groups excluding carboxylic acids is 1. The molecule has 23 heavy (non-hydrogen) atoms. The van der Waals surface area contributed by atoms with Gasteiger partial charge in [0.05, 0.1) is 13.2 Å². The summed E-state index contributed by atoms with van der Waals surface area (Å²) in [5.74, 6) is 1.27. The van der Waals surface area contributed by atoms with E-state index in [0.29, 0.717) is 19.1 Å². The third-order valence-electron chi connectivity index (χ3n) is 4.63. The number of hydrogen-bond donors (Lipinski definition) is 0. The fourth-order valence-electron chi connectivity index (χ4n) is 3.24. The molecule has 1 amide bonds. The van der Waals surface area contributed by atoms with E-state index in [1.54, 1.807) is 0 Å². The van der Waals surface area contributed by atoms with E-state index in [0.717, 1.165) is 43.7 Å². The Morgan fingerprint density at radius 3 is 2.61 bits per heavy atom. The Bertz CT molecular complexity index is 520. The van der Waals surface area contributed by atoms with Crippen LogP contribution < -0.4 is 4.74 Å². The largest absolute Gasteiger partial charge is 0.483 e. The van der Waals surface area contributed by atoms with Crippen LogP contribution in [0.1, 0.15) is 25.3 Å². The van der Waals surface area contributed by atoms with Gasteiger partial charge in [-0.3, -0.25) is 4.79 Å². The molecule has 2 fully saturated rings. The molecule has 0 aromatic heterocycles. The molecule has 2 aliphatic heterocycles. The second-order valence-corrected chi connectivity index (χ2v) is 6.08. The van der Waals surface area contributed by atoms with Crippen molar-refractivity contribution in [2.45, 2.75) is 32.5 Å². The van der Waals surface area contributed by atoms with Crippen molar-refractivity contribution in [2.75, 3.05) is 32.9 Å². The van der Waals surface area contributed by atoms with Gasteiger partial charge in [-0.05, 0) is 30.9 Å². The quantitative estimate of drug-likeness (QED) is 0.835. The number of rotatable bonds is 5. The van der Waals surface area contributed by atoms with Crippen LogP contribution in [0.15, 0.2) is 24.3 Å². The SMILES string of the molecule is CCc1ccccc1OCC(=O)N1CCC(C2OCCO2)CC1. The monoisotopic (exact) mass is 319 g/mol. The van der Waals surface area contributed by atoms with E-state index in [9.17, 15) is 4.79 Å². The molecule has 0 aliphatic carbocycles. The van der Waals surface area contributed by atoms with Gasteiger partial charge in [0.2, 0.25) is 0 Å². The number of benzene rings is 1. The summed E-state index contributed by atoms with van der Waals surface area (Å²) in [7, 11) is 0. The Morgan fingerprint density at radius 2 is 1.91 bits per heavy atom. The zero-order chi connectivity index (χ0) is 16.1. The summed E-state index contributed by atoms with van der Waals surface area (Å²) in [6, 6.07) is 7.89. The first-order valence-electron chi connectivity index (χ1n) is 8.49. The minimum absolute atomic E-state index is 0.0580. The van der Waals surface area contributed by atoms with Crippen molar-refractivity contribution < 1.29 is 19.0 Å². The summed E-state index contributed by atoms with van der Waals surface area (Å²) in [6.45, 7) is 5.08. The number of ether oxygens (including phenoxy) is 3. The maximum Gasteiger partial charge on any atom is 0.260 e. The lowest BCUT2D eigenvalue weighted by atomic mass is 9.96. The number of hydrogen-bond acceptors (Lipinski definition) is 4. The highest BCUT2D eigenvalue weighted by Crippen LogP contribution is 2.26. The van der Waals surface area contributed by atoms with Crippen molar-refractivity contribution in [1.29, 1.82) is 0 Å². The van der Waals surface area contributed by atoms with Gasteiger partial charge in [-0.1, -0.05) is 25.1 Å². The Hall–Kier alpha value is -1.59. The van der Waals surface area contributed by atoms with Crippen LogP contribution in [-0.4, -0.2) is 50.0 Å². The first-order chi connectivity index (χ1) is 11.3. The van der Waals surface area contributed by atoms with Gasteiger partial charge in [0, 0.05) is 19.0 Å². The van der Waals surface area contributed by atoms with E-state index in [4.69, 9.17) is 14.2 Å². The van der Waals surface area contributed by atoms with E-state index in [1.165, 1.54) is 0 Å². The standard InChI is InChI=1S/C18H25NO4/c1-2-14-5-3-4-6-16(14)23-13-17(20)19-9-7-15(8-10-19)18-21-11-12-22-18/h3-6,15,18H,2,7-13H2,1H3. The Labute approximate surface area is 137 Å². The molecular weight excluding hydrogens is 294 g/mol. The molecule has 2 aliphatic rings. The highest BCUT2D eigenvalue weighted by atomic mass is 16.7. The number of aryl methyl sites for hydroxylation is 1. The lowest BCUT2D eigenvalue weighted by Gasteiger charge is -2.33. The van der Waals surface area contributed by atoms with Crippen LogP contribution in [0.2, 0.25) is 0 Å². The zero-order valence-electron chi connectivity index (χ0n) is 13.7. The molecule has 0 unspecified atom stereocenters. The second kappa shape index (κ2) is 7.79. The average molecular weight is 319 g/mol. The van der Waals surface area contributed by atoms with Gasteiger partial charge in [-0.25, -0.2) is 0 Å². The van der Waals surface area contributed by atoms with Crippen molar-refractivity contribution in [3.8, 4) is 5.75 Å². The predicted molar refractivity (Wildman–Crippen MR) is 86.3 cm³/mol. The minimum atomic E-state index is -0.0695. The number of amides is 1. The molecule has 5 nitrogen and oxygen atoms in total. The van der Waals surface area contributed by atoms with Crippen LogP contribution in [0.3, 0.4) is 0 Å². The fraction of sp³-hybridized carbons (Fsp3) is 0.611. The number of nitrogens with zero attached hydrogens (tertiary/aromatic N) is 1. The summed E-state index contributed by atoms with van der Waals surface area (Å²) >= 11 is 0. The first kappa shape index (κ1) is 16.3. The van der Waals surface area contributed by atoms with Gasteiger partial charge in [-0.15, -0.1) is 0 Å². The highest BCUT2D eigenvalue weighted by Gasteiger charge is 2.31. The number of para-hydroxylation sites is 1. The van der Waals surface area contributed by atoms with E-state index in [2.05, 4.69) is 6.92 Å². The molecule has 1 aromatic carbocycles. The molecule has 5 heteroatoms. The Balaban J connectivity index is 1.46. The second-order valence-electron chi connectivity index (χ2n) is 6.08. The lowest BCUT2D eigenvalue weighted by Crippen LogP contribution is -2.43. The van der Waals surface area contributed by atoms with Gasteiger partial charge >= 0.3 is 0 Å². The molecule has 0 radical (unpaired) electrons. The highest BCUT2D eigenvalue weighted by molar-refractivity contribution is 5.77. The van der Waals surface area contributed by atoms with E-state index in [1.807, 2.05) is 29.2 Å². The normalized spacial score (nSPS) is 20.0. The van der Waals surface area contributed by atoms with Crippen molar-refractivity contribution in [1.82, 2.24) is 4.90 Å². The predicted octanol–water partition coefficient (Wildman–Crippen LogP) is 2.24. The molecule has 0 bridgehead atoms. The van der Waals surface area contributed by atoms with Gasteiger partial charge in [0.15, 0.2) is 12.9 Å². The molecular formula is C18H25NO4. The summed E-state index contributed by atoms with van der Waals surface area (Å²) in [4.78, 5) is 14.2. The van der Waals surface area contributed by atoms with Crippen LogP contribution in [0.25, 0.3) is 0 Å². The van der Waals surface area contributed by atoms with Crippen molar-refractivity contribution in [3.05, 3.63) is 29.8 Å². The fourth-order valence-corrected chi connectivity index (χ4v) is 3.24. The number of carbonyl (C=O) groups is 1. The molecule has 2 heterocycles. The molecule has 0 spiro atoms. The van der Waals surface area contributed by atoms with Gasteiger partial charge in [0.1, 0.15) is 5.75 Å². The number of piperidine rings is 1. The minimum Gasteiger partial charge on any atom is -0.483 e. The summed E-state index contributed by atoms with van der Waals surface area (Å²) < 4.78 is 16.9. The summed E-state index contributed by atoms with van der Waals surface area (Å²) in [5, 5.41) is 0. The average Bonchev–Trinajstić information content (AvgIpc) is 3.14. The van der Waals surface area contributed by atoms with Crippen molar-refractivity contribution >= 4 is 5.91 Å². The first-order valence-corrected chi connectivity index (χ1v) is 8.49. The van der Waals surface area contributed by atoms with Crippen LogP contribution in [0, 0.1) is 5.92 Å². The maximum atomic E-state index is 12.3. The third-order valence-corrected chi connectivity index (χ3v) is 4.63. The van der Waals surface area contributed by atoms with Crippen molar-refractivity contribution in [2.24, 2.45) is 5.92 Å². The smallest absolute Gasteiger partial charge is 0.260 e. The summed E-state index contributed by atoms with van der Waals surface area (Å²) in [5.41, 5.74) is 1.13. The van der Waals surface area contributed by atoms with E-state index >= 15 is 0 Å². The van der Waals surface area contributed by atoms with Crippen LogP contribution >= 0.6 is 0 Å². The third kappa shape index (κ3) is 4.03. The van der Waals surface area contributed by atoms with Gasteiger partial charge in [-0.2, -0.15) is 0 Å². The molecule has 3 rings (SSSR count). The number of likely N-dealkylation sites (tertiary alicyclic amines) is 1. The molecule has 0 saturated carbocycles. The van der Waals surface area contributed by atoms with Crippen LogP contribution in [-0.2, 0) is 20.7 Å².